The lowest BCUT2D eigenvalue weighted by Crippen LogP contribution is -2.13. The van der Waals surface area contributed by atoms with Gasteiger partial charge in [-0.1, -0.05) is 29.8 Å². The first kappa shape index (κ1) is 19.7. The van der Waals surface area contributed by atoms with Gasteiger partial charge in [-0.3, -0.25) is 4.79 Å². The first-order chi connectivity index (χ1) is 12.3. The third-order valence-corrected chi connectivity index (χ3v) is 5.43. The summed E-state index contributed by atoms with van der Waals surface area (Å²) in [5.41, 5.74) is 1.92. The highest BCUT2D eigenvalue weighted by Crippen LogP contribution is 2.14. The van der Waals surface area contributed by atoms with Crippen LogP contribution in [0.5, 0.6) is 0 Å². The van der Waals surface area contributed by atoms with Gasteiger partial charge in [-0.15, -0.1) is 0 Å². The second-order valence-corrected chi connectivity index (χ2v) is 7.84. The summed E-state index contributed by atoms with van der Waals surface area (Å²) in [6, 6.07) is 13.0. The second-order valence-electron chi connectivity index (χ2n) is 5.73. The minimum Gasteiger partial charge on any atom is -0.465 e. The van der Waals surface area contributed by atoms with E-state index >= 15 is 0 Å². The van der Waals surface area contributed by atoms with Gasteiger partial charge in [-0.25, -0.2) is 13.2 Å². The van der Waals surface area contributed by atoms with E-state index in [2.05, 4.69) is 4.74 Å². The molecule has 0 amide bonds. The van der Waals surface area contributed by atoms with Gasteiger partial charge < -0.3 is 9.47 Å². The second kappa shape index (κ2) is 8.62. The van der Waals surface area contributed by atoms with Gasteiger partial charge in [0, 0.05) is 0 Å². The van der Waals surface area contributed by atoms with Gasteiger partial charge in [-0.2, -0.15) is 0 Å². The SMILES string of the molecule is COC(=O)c1cccc(COC(=O)CCS(=O)(=O)c2ccc(C)cc2)c1. The highest BCUT2D eigenvalue weighted by molar-refractivity contribution is 7.91. The summed E-state index contributed by atoms with van der Waals surface area (Å²) >= 11 is 0. The number of hydrogen-bond acceptors (Lipinski definition) is 6. The van der Waals surface area contributed by atoms with E-state index in [0.717, 1.165) is 5.56 Å². The normalized spacial score (nSPS) is 11.0. The molecule has 0 fully saturated rings. The average molecular weight is 376 g/mol. The van der Waals surface area contributed by atoms with Crippen LogP contribution in [0, 0.1) is 6.92 Å². The van der Waals surface area contributed by atoms with Crippen LogP contribution in [0.1, 0.15) is 27.9 Å². The summed E-state index contributed by atoms with van der Waals surface area (Å²) < 4.78 is 34.2. The largest absolute Gasteiger partial charge is 0.465 e. The van der Waals surface area contributed by atoms with E-state index in [9.17, 15) is 18.0 Å². The van der Waals surface area contributed by atoms with Crippen LogP contribution in [0.4, 0.5) is 0 Å². The number of benzene rings is 2. The van der Waals surface area contributed by atoms with Crippen molar-refractivity contribution in [3.63, 3.8) is 0 Å². The molecule has 0 heterocycles. The third-order valence-electron chi connectivity index (χ3n) is 3.70. The zero-order valence-electron chi connectivity index (χ0n) is 14.6. The van der Waals surface area contributed by atoms with Crippen LogP contribution in [0.2, 0.25) is 0 Å². The summed E-state index contributed by atoms with van der Waals surface area (Å²) in [6.07, 6.45) is -0.243. The van der Waals surface area contributed by atoms with Crippen LogP contribution in [-0.4, -0.2) is 33.2 Å². The fourth-order valence-corrected chi connectivity index (χ4v) is 3.44. The first-order valence-corrected chi connectivity index (χ1v) is 9.59. The average Bonchev–Trinajstić information content (AvgIpc) is 2.64. The number of aryl methyl sites for hydroxylation is 1. The molecule has 2 rings (SSSR count). The molecule has 0 aliphatic rings. The molecule has 2 aromatic rings. The Labute approximate surface area is 152 Å². The van der Waals surface area contributed by atoms with Crippen molar-refractivity contribution in [2.45, 2.75) is 24.8 Å². The predicted molar refractivity (Wildman–Crippen MR) is 95.4 cm³/mol. The molecule has 0 saturated heterocycles. The van der Waals surface area contributed by atoms with E-state index in [1.165, 1.54) is 19.2 Å². The zero-order valence-corrected chi connectivity index (χ0v) is 15.4. The van der Waals surface area contributed by atoms with Crippen molar-refractivity contribution in [2.24, 2.45) is 0 Å². The molecule has 0 saturated carbocycles. The topological polar surface area (TPSA) is 86.7 Å². The van der Waals surface area contributed by atoms with E-state index in [4.69, 9.17) is 4.74 Å². The summed E-state index contributed by atoms with van der Waals surface area (Å²) in [4.78, 5) is 23.5. The molecule has 7 heteroatoms. The lowest BCUT2D eigenvalue weighted by atomic mass is 10.1. The molecule has 0 spiro atoms. The van der Waals surface area contributed by atoms with Crippen molar-refractivity contribution < 1.29 is 27.5 Å². The van der Waals surface area contributed by atoms with Crippen molar-refractivity contribution >= 4 is 21.8 Å². The molecule has 0 N–H and O–H groups in total. The van der Waals surface area contributed by atoms with Crippen LogP contribution >= 0.6 is 0 Å². The minimum atomic E-state index is -3.54. The summed E-state index contributed by atoms with van der Waals surface area (Å²) in [7, 11) is -2.26. The number of methoxy groups -OCH3 is 1. The van der Waals surface area contributed by atoms with Crippen LogP contribution in [0.3, 0.4) is 0 Å². The quantitative estimate of drug-likeness (QED) is 0.691. The maximum atomic E-state index is 12.2. The summed E-state index contributed by atoms with van der Waals surface area (Å²) in [5.74, 6) is -1.43. The highest BCUT2D eigenvalue weighted by atomic mass is 32.2. The van der Waals surface area contributed by atoms with E-state index in [0.29, 0.717) is 11.1 Å². The Morgan fingerprint density at radius 1 is 1.04 bits per heavy atom. The van der Waals surface area contributed by atoms with Gasteiger partial charge in [0.15, 0.2) is 9.84 Å². The molecule has 0 aliphatic heterocycles. The Balaban J connectivity index is 1.89. The number of carbonyl (C=O) groups is 2. The number of carbonyl (C=O) groups excluding carboxylic acids is 2. The van der Waals surface area contributed by atoms with Gasteiger partial charge >= 0.3 is 11.9 Å². The van der Waals surface area contributed by atoms with Gasteiger partial charge in [0.05, 0.1) is 29.7 Å². The molecule has 0 radical (unpaired) electrons. The number of sulfone groups is 1. The third kappa shape index (κ3) is 5.42. The fourth-order valence-electron chi connectivity index (χ4n) is 2.22. The zero-order chi connectivity index (χ0) is 19.2. The van der Waals surface area contributed by atoms with E-state index in [1.807, 2.05) is 6.92 Å². The Kier molecular flexibility index (Phi) is 6.52. The van der Waals surface area contributed by atoms with Crippen LogP contribution < -0.4 is 0 Å². The maximum Gasteiger partial charge on any atom is 0.337 e. The molecule has 138 valence electrons. The van der Waals surface area contributed by atoms with Crippen LogP contribution in [0.25, 0.3) is 0 Å². The number of rotatable bonds is 7. The number of ether oxygens (including phenoxy) is 2. The Morgan fingerprint density at radius 3 is 2.38 bits per heavy atom. The van der Waals surface area contributed by atoms with Crippen LogP contribution in [-0.2, 0) is 30.7 Å². The summed E-state index contributed by atoms with van der Waals surface area (Å²) in [5, 5.41) is 0. The molecule has 0 atom stereocenters. The molecule has 0 bridgehead atoms. The molecule has 6 nitrogen and oxygen atoms in total. The molecule has 0 aliphatic carbocycles. The van der Waals surface area contributed by atoms with Gasteiger partial charge in [0.25, 0.3) is 0 Å². The molecule has 2 aromatic carbocycles. The Morgan fingerprint density at radius 2 is 1.73 bits per heavy atom. The van der Waals surface area contributed by atoms with E-state index < -0.39 is 21.8 Å². The predicted octanol–water partition coefficient (Wildman–Crippen LogP) is 2.69. The van der Waals surface area contributed by atoms with Crippen molar-refractivity contribution in [3.8, 4) is 0 Å². The van der Waals surface area contributed by atoms with E-state index in [-0.39, 0.29) is 23.7 Å². The van der Waals surface area contributed by atoms with Gasteiger partial charge in [0.1, 0.15) is 6.61 Å². The molecular weight excluding hydrogens is 356 g/mol. The maximum absolute atomic E-state index is 12.2. The Hall–Kier alpha value is -2.67. The lowest BCUT2D eigenvalue weighted by molar-refractivity contribution is -0.144. The number of hydrogen-bond donors (Lipinski definition) is 0. The van der Waals surface area contributed by atoms with Crippen molar-refractivity contribution in [1.82, 2.24) is 0 Å². The first-order valence-electron chi connectivity index (χ1n) is 7.94. The highest BCUT2D eigenvalue weighted by Gasteiger charge is 2.17. The van der Waals surface area contributed by atoms with Crippen molar-refractivity contribution in [3.05, 3.63) is 65.2 Å². The van der Waals surface area contributed by atoms with Gasteiger partial charge in [0.2, 0.25) is 0 Å². The number of esters is 2. The molecule has 0 unspecified atom stereocenters. The molecule has 26 heavy (non-hydrogen) atoms. The van der Waals surface area contributed by atoms with Crippen molar-refractivity contribution in [1.29, 1.82) is 0 Å². The van der Waals surface area contributed by atoms with E-state index in [1.54, 1.807) is 36.4 Å². The minimum absolute atomic E-state index is 0.0474. The van der Waals surface area contributed by atoms with Crippen LogP contribution in [0.15, 0.2) is 53.4 Å². The fraction of sp³-hybridized carbons (Fsp3) is 0.263. The van der Waals surface area contributed by atoms with Gasteiger partial charge in [-0.05, 0) is 36.8 Å². The molecule has 0 aromatic heterocycles. The monoisotopic (exact) mass is 376 g/mol. The summed E-state index contributed by atoms with van der Waals surface area (Å²) in [6.45, 7) is 1.82. The lowest BCUT2D eigenvalue weighted by Gasteiger charge is -2.07. The smallest absolute Gasteiger partial charge is 0.337 e. The Bertz CT molecular complexity index is 885. The molecular formula is C19H20O6S. The standard InChI is InChI=1S/C19H20O6S/c1-14-6-8-17(9-7-14)26(22,23)11-10-18(20)25-13-15-4-3-5-16(12-15)19(21)24-2/h3-9,12H,10-11,13H2,1-2H3. The van der Waals surface area contributed by atoms with Crippen molar-refractivity contribution in [2.75, 3.05) is 12.9 Å².